The molecule has 5 nitrogen and oxygen atoms in total. The number of amides is 1. The van der Waals surface area contributed by atoms with Gasteiger partial charge in [0.15, 0.2) is 4.96 Å². The van der Waals surface area contributed by atoms with Gasteiger partial charge in [-0.2, -0.15) is 0 Å². The van der Waals surface area contributed by atoms with Crippen LogP contribution in [0.5, 0.6) is 0 Å². The average molecular weight is 340 g/mol. The van der Waals surface area contributed by atoms with E-state index >= 15 is 0 Å². The summed E-state index contributed by atoms with van der Waals surface area (Å²) in [4.78, 5) is 20.1. The first-order chi connectivity index (χ1) is 11.8. The van der Waals surface area contributed by atoms with Crippen molar-refractivity contribution in [3.05, 3.63) is 59.4 Å². The van der Waals surface area contributed by atoms with Crippen molar-refractivity contribution in [2.24, 2.45) is 0 Å². The lowest BCUT2D eigenvalue weighted by atomic mass is 10.2. The lowest BCUT2D eigenvalue weighted by Crippen LogP contribution is -2.37. The number of benzene rings is 1. The van der Waals surface area contributed by atoms with Crippen LogP contribution in [0.2, 0.25) is 0 Å². The molecule has 1 N–H and O–H groups in total. The molecule has 124 valence electrons. The average Bonchev–Trinajstić information content (AvgIpc) is 3.25. The molecule has 1 amide bonds. The summed E-state index contributed by atoms with van der Waals surface area (Å²) >= 11 is 1.58. The first-order valence-corrected chi connectivity index (χ1v) is 9.11. The van der Waals surface area contributed by atoms with E-state index in [1.807, 2.05) is 28.2 Å². The predicted octanol–water partition coefficient (Wildman–Crippen LogP) is 2.33. The first-order valence-electron chi connectivity index (χ1n) is 8.23. The molecule has 0 radical (unpaired) electrons. The number of nitrogens with one attached hydrogen (secondary N) is 1. The quantitative estimate of drug-likeness (QED) is 0.775. The van der Waals surface area contributed by atoms with E-state index in [9.17, 15) is 4.79 Å². The van der Waals surface area contributed by atoms with Crippen molar-refractivity contribution in [1.82, 2.24) is 19.6 Å². The van der Waals surface area contributed by atoms with E-state index < -0.39 is 0 Å². The molecule has 1 saturated heterocycles. The highest BCUT2D eigenvalue weighted by atomic mass is 32.1. The molecule has 3 heterocycles. The number of hydrogen-bond donors (Lipinski definition) is 1. The third-order valence-electron chi connectivity index (χ3n) is 4.37. The van der Waals surface area contributed by atoms with Crippen molar-refractivity contribution in [3.63, 3.8) is 0 Å². The summed E-state index contributed by atoms with van der Waals surface area (Å²) in [6.07, 6.45) is 5.26. The zero-order valence-electron chi connectivity index (χ0n) is 13.4. The van der Waals surface area contributed by atoms with Crippen molar-refractivity contribution in [2.75, 3.05) is 13.1 Å². The zero-order chi connectivity index (χ0) is 16.4. The number of fused-ring (bicyclic) bond motifs is 1. The number of likely N-dealkylation sites (tertiary alicyclic amines) is 1. The molecule has 0 saturated carbocycles. The van der Waals surface area contributed by atoms with Crippen LogP contribution < -0.4 is 5.32 Å². The molecule has 1 aromatic carbocycles. The van der Waals surface area contributed by atoms with Gasteiger partial charge in [-0.25, -0.2) is 4.98 Å². The molecule has 1 unspecified atom stereocenters. The Balaban J connectivity index is 1.28. The first kappa shape index (κ1) is 15.4. The van der Waals surface area contributed by atoms with Gasteiger partial charge in [-0.15, -0.1) is 11.3 Å². The van der Waals surface area contributed by atoms with Crippen LogP contribution >= 0.6 is 11.3 Å². The Labute approximate surface area is 144 Å². The maximum absolute atomic E-state index is 12.3. The number of nitrogens with zero attached hydrogens (tertiary/aromatic N) is 3. The van der Waals surface area contributed by atoms with Gasteiger partial charge in [0.1, 0.15) is 0 Å². The zero-order valence-corrected chi connectivity index (χ0v) is 14.2. The van der Waals surface area contributed by atoms with Crippen molar-refractivity contribution >= 4 is 22.2 Å². The predicted molar refractivity (Wildman–Crippen MR) is 95.0 cm³/mol. The molecule has 2 aromatic heterocycles. The van der Waals surface area contributed by atoms with Crippen LogP contribution in [-0.2, 0) is 17.8 Å². The van der Waals surface area contributed by atoms with Crippen LogP contribution in [-0.4, -0.2) is 39.3 Å². The van der Waals surface area contributed by atoms with Crippen molar-refractivity contribution in [1.29, 1.82) is 0 Å². The lowest BCUT2D eigenvalue weighted by Gasteiger charge is -2.16. The number of carbonyl (C=O) groups excluding carboxylic acids is 1. The molecule has 24 heavy (non-hydrogen) atoms. The van der Waals surface area contributed by atoms with Crippen LogP contribution in [0.1, 0.15) is 17.7 Å². The van der Waals surface area contributed by atoms with Crippen LogP contribution in [0, 0.1) is 0 Å². The molecule has 1 aliphatic heterocycles. The van der Waals surface area contributed by atoms with Gasteiger partial charge in [0.25, 0.3) is 0 Å². The molecule has 0 aliphatic carbocycles. The van der Waals surface area contributed by atoms with Crippen LogP contribution in [0.15, 0.2) is 48.1 Å². The van der Waals surface area contributed by atoms with Crippen molar-refractivity contribution in [3.8, 4) is 0 Å². The molecule has 1 fully saturated rings. The molecule has 4 rings (SSSR count). The minimum Gasteiger partial charge on any atom is -0.352 e. The van der Waals surface area contributed by atoms with Gasteiger partial charge < -0.3 is 5.32 Å². The third-order valence-corrected chi connectivity index (χ3v) is 5.14. The van der Waals surface area contributed by atoms with Gasteiger partial charge in [-0.1, -0.05) is 30.3 Å². The largest absolute Gasteiger partial charge is 0.352 e. The summed E-state index contributed by atoms with van der Waals surface area (Å²) in [6, 6.07) is 10.7. The van der Waals surface area contributed by atoms with Crippen LogP contribution in [0.25, 0.3) is 4.96 Å². The van der Waals surface area contributed by atoms with Gasteiger partial charge >= 0.3 is 0 Å². The summed E-state index contributed by atoms with van der Waals surface area (Å²) in [5.41, 5.74) is 2.15. The minimum atomic E-state index is 0.0623. The summed E-state index contributed by atoms with van der Waals surface area (Å²) in [5.74, 6) is 0.0623. The fourth-order valence-electron chi connectivity index (χ4n) is 3.24. The Hall–Kier alpha value is -2.18. The Bertz CT molecular complexity index is 797. The van der Waals surface area contributed by atoms with Gasteiger partial charge in [-0.05, 0) is 12.0 Å². The van der Waals surface area contributed by atoms with Gasteiger partial charge in [0.2, 0.25) is 5.91 Å². The molecule has 1 atom stereocenters. The second-order valence-corrected chi connectivity index (χ2v) is 7.15. The Morgan fingerprint density at radius 1 is 1.33 bits per heavy atom. The van der Waals surface area contributed by atoms with E-state index in [0.717, 1.165) is 36.7 Å². The van der Waals surface area contributed by atoms with E-state index in [4.69, 9.17) is 0 Å². The smallest absolute Gasteiger partial charge is 0.226 e. The van der Waals surface area contributed by atoms with Gasteiger partial charge in [0, 0.05) is 43.4 Å². The standard InChI is InChI=1S/C18H20N4OS/c23-17(10-16-13-22-8-9-24-18(22)20-16)19-15-6-7-21(12-15)11-14-4-2-1-3-5-14/h1-5,8-9,13,15H,6-7,10-12H2,(H,19,23). The maximum Gasteiger partial charge on any atom is 0.226 e. The number of carbonyl (C=O) groups is 1. The fraction of sp³-hybridized carbons (Fsp3) is 0.333. The lowest BCUT2D eigenvalue weighted by molar-refractivity contribution is -0.121. The Morgan fingerprint density at radius 3 is 3.04 bits per heavy atom. The molecular formula is C18H20N4OS. The molecule has 0 bridgehead atoms. The van der Waals surface area contributed by atoms with Crippen molar-refractivity contribution in [2.45, 2.75) is 25.4 Å². The maximum atomic E-state index is 12.3. The van der Waals surface area contributed by atoms with E-state index in [1.54, 1.807) is 11.3 Å². The second-order valence-electron chi connectivity index (χ2n) is 6.28. The summed E-state index contributed by atoms with van der Waals surface area (Å²) in [6.45, 7) is 2.89. The molecule has 1 aliphatic rings. The number of imidazole rings is 1. The summed E-state index contributed by atoms with van der Waals surface area (Å²) in [5, 5.41) is 5.15. The fourth-order valence-corrected chi connectivity index (χ4v) is 3.96. The molecule has 3 aromatic rings. The Kier molecular flexibility index (Phi) is 4.32. The Morgan fingerprint density at radius 2 is 2.21 bits per heavy atom. The highest BCUT2D eigenvalue weighted by molar-refractivity contribution is 7.15. The van der Waals surface area contributed by atoms with Crippen LogP contribution in [0.3, 0.4) is 0 Å². The number of hydrogen-bond acceptors (Lipinski definition) is 4. The van der Waals surface area contributed by atoms with Gasteiger partial charge in [0.05, 0.1) is 12.1 Å². The SMILES string of the molecule is O=C(Cc1cn2ccsc2n1)NC1CCN(Cc2ccccc2)C1. The minimum absolute atomic E-state index is 0.0623. The molecular weight excluding hydrogens is 320 g/mol. The number of thiazole rings is 1. The normalized spacial score (nSPS) is 18.2. The molecule has 6 heteroatoms. The highest BCUT2D eigenvalue weighted by Gasteiger charge is 2.24. The highest BCUT2D eigenvalue weighted by Crippen LogP contribution is 2.14. The number of aromatic nitrogens is 2. The van der Waals surface area contributed by atoms with E-state index in [0.29, 0.717) is 6.42 Å². The number of rotatable bonds is 5. The summed E-state index contributed by atoms with van der Waals surface area (Å²) in [7, 11) is 0. The van der Waals surface area contributed by atoms with E-state index in [2.05, 4.69) is 39.5 Å². The van der Waals surface area contributed by atoms with Crippen molar-refractivity contribution < 1.29 is 4.79 Å². The second kappa shape index (κ2) is 6.75. The topological polar surface area (TPSA) is 49.6 Å². The van der Waals surface area contributed by atoms with Crippen LogP contribution in [0.4, 0.5) is 0 Å². The summed E-state index contributed by atoms with van der Waals surface area (Å²) < 4.78 is 1.96. The monoisotopic (exact) mass is 340 g/mol. The van der Waals surface area contributed by atoms with E-state index in [-0.39, 0.29) is 11.9 Å². The third kappa shape index (κ3) is 3.49. The van der Waals surface area contributed by atoms with Gasteiger partial charge in [-0.3, -0.25) is 14.1 Å². The molecule has 0 spiro atoms. The van der Waals surface area contributed by atoms with E-state index in [1.165, 1.54) is 5.56 Å².